The molecule has 0 saturated heterocycles. The normalized spacial score (nSPS) is 14.0. The lowest BCUT2D eigenvalue weighted by atomic mass is 10.1. The van der Waals surface area contributed by atoms with Crippen molar-refractivity contribution in [3.8, 4) is 11.5 Å². The summed E-state index contributed by atoms with van der Waals surface area (Å²) >= 11 is 0. The number of carbonyl (C=O) groups is 2. The van der Waals surface area contributed by atoms with Crippen LogP contribution in [0.25, 0.3) is 0 Å². The number of unbranched alkanes of at least 4 members (excludes halogenated alkanes) is 1. The van der Waals surface area contributed by atoms with Gasteiger partial charge in [-0.05, 0) is 87.3 Å². The molecule has 0 aromatic heterocycles. The molecule has 1 aliphatic carbocycles. The molecule has 12 heteroatoms. The highest BCUT2D eigenvalue weighted by Gasteiger charge is 2.30. The number of benzene rings is 2. The molecule has 252 valence electrons. The van der Waals surface area contributed by atoms with Crippen molar-refractivity contribution in [1.82, 2.24) is 5.32 Å². The number of allylic oxidation sites excluding steroid dienone is 3. The molecule has 9 nitrogen and oxygen atoms in total. The van der Waals surface area contributed by atoms with Crippen LogP contribution in [0.4, 0.5) is 13.2 Å². The number of halogens is 3. The molecule has 0 bridgehead atoms. The second-order valence-electron chi connectivity index (χ2n) is 10.8. The monoisotopic (exact) mass is 648 g/mol. The van der Waals surface area contributed by atoms with Crippen LogP contribution in [-0.4, -0.2) is 29.6 Å². The number of rotatable bonds is 16. The van der Waals surface area contributed by atoms with Gasteiger partial charge in [-0.3, -0.25) is 4.79 Å². The molecule has 1 atom stereocenters. The summed E-state index contributed by atoms with van der Waals surface area (Å²) in [6.07, 6.45) is 12.7. The summed E-state index contributed by atoms with van der Waals surface area (Å²) in [6, 6.07) is 10.4. The summed E-state index contributed by atoms with van der Waals surface area (Å²) in [5.74, 6) is 0.354. The average molecular weight is 649 g/mol. The fourth-order valence-electron chi connectivity index (χ4n) is 4.51. The van der Waals surface area contributed by atoms with Crippen molar-refractivity contribution in [2.75, 3.05) is 6.61 Å². The average Bonchev–Trinajstić information content (AvgIpc) is 3.54. The summed E-state index contributed by atoms with van der Waals surface area (Å²) in [7, 11) is 0. The minimum atomic E-state index is -4.32. The maximum absolute atomic E-state index is 12.5. The Hall–Kier alpha value is -4.35. The highest BCUT2D eigenvalue weighted by Crippen LogP contribution is 2.31. The lowest BCUT2D eigenvalue weighted by Gasteiger charge is -2.13. The molecular formula is C34H43F3N2O7. The van der Waals surface area contributed by atoms with Gasteiger partial charge in [-0.2, -0.15) is 13.2 Å². The topological polar surface area (TPSA) is 117 Å². The minimum Gasteiger partial charge on any atom is -0.493 e. The summed E-state index contributed by atoms with van der Waals surface area (Å²) in [4.78, 5) is 38.4. The molecule has 2 aromatic carbocycles. The van der Waals surface area contributed by atoms with Crippen molar-refractivity contribution in [2.24, 2.45) is 5.92 Å². The van der Waals surface area contributed by atoms with Crippen LogP contribution in [0.2, 0.25) is 0 Å². The van der Waals surface area contributed by atoms with Gasteiger partial charge >= 0.3 is 12.1 Å². The van der Waals surface area contributed by atoms with E-state index in [-0.39, 0.29) is 24.0 Å². The molecule has 1 amide bonds. The standard InChI is InChI=1S/C18H24N2O6.C16H19F3O/c1-3-4-5-6-7-11-17(21)19-14(2)18(22)26-16-10-8-9-15(12-16)13-25-20(23)24;17-16(18,19)14-9-5-10-15(12-14)20-11-4-3-8-13-6-1-2-7-13/h4-5,8-10,12,14H,3,6-7,11,13H2,1-2H3,(H,19,21);3,5,8-10,12-13H,1-2,4,6-7,11H2/b5-4-;8-3+. The van der Waals surface area contributed by atoms with Crippen LogP contribution < -0.4 is 14.8 Å². The number of esters is 1. The molecule has 1 N–H and O–H groups in total. The molecule has 3 rings (SSSR count). The van der Waals surface area contributed by atoms with E-state index in [1.54, 1.807) is 24.3 Å². The molecule has 1 aliphatic rings. The molecule has 0 heterocycles. The first kappa shape index (κ1) is 37.8. The van der Waals surface area contributed by atoms with Crippen LogP contribution in [0.15, 0.2) is 72.8 Å². The Morgan fingerprint density at radius 2 is 1.76 bits per heavy atom. The van der Waals surface area contributed by atoms with E-state index in [2.05, 4.69) is 22.3 Å². The fourth-order valence-corrected chi connectivity index (χ4v) is 4.51. The van der Waals surface area contributed by atoms with Crippen LogP contribution in [0.1, 0.15) is 82.8 Å². The smallest absolute Gasteiger partial charge is 0.416 e. The lowest BCUT2D eigenvalue weighted by Crippen LogP contribution is -2.40. The first-order chi connectivity index (χ1) is 22.0. The first-order valence-electron chi connectivity index (χ1n) is 15.5. The molecule has 1 fully saturated rings. The van der Waals surface area contributed by atoms with Gasteiger partial charge in [-0.15, -0.1) is 10.1 Å². The second kappa shape index (κ2) is 20.6. The molecule has 0 radical (unpaired) electrons. The van der Waals surface area contributed by atoms with E-state index in [1.807, 2.05) is 19.1 Å². The van der Waals surface area contributed by atoms with E-state index in [0.717, 1.165) is 31.4 Å². The minimum absolute atomic E-state index is 0.215. The highest BCUT2D eigenvalue weighted by molar-refractivity contribution is 5.85. The van der Waals surface area contributed by atoms with Gasteiger partial charge in [-0.25, -0.2) is 4.79 Å². The van der Waals surface area contributed by atoms with E-state index >= 15 is 0 Å². The highest BCUT2D eigenvalue weighted by atomic mass is 19.4. The van der Waals surface area contributed by atoms with Gasteiger partial charge in [0.2, 0.25) is 5.91 Å². The van der Waals surface area contributed by atoms with Crippen LogP contribution in [0.3, 0.4) is 0 Å². The summed E-state index contributed by atoms with van der Waals surface area (Å²) in [5, 5.41) is 11.9. The van der Waals surface area contributed by atoms with Gasteiger partial charge in [0.25, 0.3) is 5.09 Å². The Balaban J connectivity index is 0.000000330. The predicted octanol–water partition coefficient (Wildman–Crippen LogP) is 8.16. The Bertz CT molecular complexity index is 1290. The maximum atomic E-state index is 12.5. The second-order valence-corrected chi connectivity index (χ2v) is 10.8. The van der Waals surface area contributed by atoms with E-state index in [9.17, 15) is 32.9 Å². The lowest BCUT2D eigenvalue weighted by molar-refractivity contribution is -0.763. The number of alkyl halides is 3. The number of amides is 1. The number of nitrogens with zero attached hydrogens (tertiary/aromatic N) is 1. The van der Waals surface area contributed by atoms with Gasteiger partial charge in [0.1, 0.15) is 24.1 Å². The van der Waals surface area contributed by atoms with Crippen molar-refractivity contribution >= 4 is 11.9 Å². The quantitative estimate of drug-likeness (QED) is 0.0487. The number of nitrogens with one attached hydrogen (secondary N) is 1. The maximum Gasteiger partial charge on any atom is 0.416 e. The zero-order chi connectivity index (χ0) is 33.8. The largest absolute Gasteiger partial charge is 0.493 e. The SMILES string of the molecule is CC/C=C\CCCC(=O)NC(C)C(=O)Oc1cccc(CO[N+](=O)[O-])c1.FC(F)(F)c1cccc(OCC/C=C/C2CCCC2)c1. The Morgan fingerprint density at radius 3 is 2.46 bits per heavy atom. The number of hydrogen-bond acceptors (Lipinski definition) is 7. The predicted molar refractivity (Wildman–Crippen MR) is 167 cm³/mol. The van der Waals surface area contributed by atoms with E-state index < -0.39 is 28.8 Å². The van der Waals surface area contributed by atoms with Gasteiger partial charge in [0, 0.05) is 6.42 Å². The zero-order valence-corrected chi connectivity index (χ0v) is 26.3. The number of ether oxygens (including phenoxy) is 2. The Morgan fingerprint density at radius 1 is 1.04 bits per heavy atom. The third-order valence-electron chi connectivity index (χ3n) is 6.88. The van der Waals surface area contributed by atoms with Crippen molar-refractivity contribution in [3.63, 3.8) is 0 Å². The zero-order valence-electron chi connectivity index (χ0n) is 26.3. The van der Waals surface area contributed by atoms with Crippen molar-refractivity contribution in [2.45, 2.75) is 90.5 Å². The Labute approximate surface area is 267 Å². The molecule has 1 unspecified atom stereocenters. The molecule has 0 aliphatic heterocycles. The molecule has 46 heavy (non-hydrogen) atoms. The van der Waals surface area contributed by atoms with E-state index in [1.165, 1.54) is 44.7 Å². The molecule has 2 aromatic rings. The summed E-state index contributed by atoms with van der Waals surface area (Å²) in [6.45, 7) is 3.75. The fraction of sp³-hybridized carbons (Fsp3) is 0.471. The Kier molecular flexibility index (Phi) is 17.0. The van der Waals surface area contributed by atoms with Crippen LogP contribution in [0.5, 0.6) is 11.5 Å². The van der Waals surface area contributed by atoms with Gasteiger partial charge in [0.15, 0.2) is 0 Å². The molecular weight excluding hydrogens is 605 g/mol. The summed E-state index contributed by atoms with van der Waals surface area (Å²) < 4.78 is 48.1. The van der Waals surface area contributed by atoms with Crippen LogP contribution in [0, 0.1) is 16.0 Å². The number of carbonyl (C=O) groups excluding carboxylic acids is 2. The van der Waals surface area contributed by atoms with Crippen LogP contribution >= 0.6 is 0 Å². The van der Waals surface area contributed by atoms with Crippen molar-refractivity contribution in [1.29, 1.82) is 0 Å². The first-order valence-corrected chi connectivity index (χ1v) is 15.5. The van der Waals surface area contributed by atoms with Crippen molar-refractivity contribution < 1.29 is 42.2 Å². The van der Waals surface area contributed by atoms with E-state index in [0.29, 0.717) is 30.9 Å². The number of hydrogen-bond donors (Lipinski definition) is 1. The van der Waals surface area contributed by atoms with Gasteiger partial charge < -0.3 is 19.6 Å². The third kappa shape index (κ3) is 16.1. The molecule has 1 saturated carbocycles. The van der Waals surface area contributed by atoms with E-state index in [4.69, 9.17) is 9.47 Å². The third-order valence-corrected chi connectivity index (χ3v) is 6.88. The van der Waals surface area contributed by atoms with Gasteiger partial charge in [-0.1, -0.05) is 62.3 Å². The summed E-state index contributed by atoms with van der Waals surface area (Å²) in [5.41, 5.74) is -0.180. The van der Waals surface area contributed by atoms with Crippen LogP contribution in [-0.2, 0) is 27.2 Å². The molecule has 0 spiro atoms. The van der Waals surface area contributed by atoms with Crippen molar-refractivity contribution in [3.05, 3.63) is 94.1 Å². The van der Waals surface area contributed by atoms with Gasteiger partial charge in [0.05, 0.1) is 12.2 Å².